The number of esters is 1. The van der Waals surface area contributed by atoms with Gasteiger partial charge < -0.3 is 19.4 Å². The molecule has 9 heteroatoms. The first-order valence-corrected chi connectivity index (χ1v) is 10.6. The fraction of sp³-hybridized carbons (Fsp3) is 0.273. The Balaban J connectivity index is 1.59. The molecule has 0 aliphatic heterocycles. The Labute approximate surface area is 185 Å². The van der Waals surface area contributed by atoms with Gasteiger partial charge in [0.1, 0.15) is 12.4 Å². The molecule has 0 unspecified atom stereocenters. The van der Waals surface area contributed by atoms with Crippen LogP contribution >= 0.6 is 11.8 Å². The molecule has 2 aromatic carbocycles. The lowest BCUT2D eigenvalue weighted by Crippen LogP contribution is -2.17. The van der Waals surface area contributed by atoms with Crippen molar-refractivity contribution in [2.75, 3.05) is 18.2 Å². The van der Waals surface area contributed by atoms with Crippen LogP contribution in [0.25, 0.3) is 0 Å². The quantitative estimate of drug-likeness (QED) is 0.423. The summed E-state index contributed by atoms with van der Waals surface area (Å²) in [4.78, 5) is 24.2. The van der Waals surface area contributed by atoms with Gasteiger partial charge >= 0.3 is 5.97 Å². The highest BCUT2D eigenvalue weighted by molar-refractivity contribution is 7.99. The fourth-order valence-corrected chi connectivity index (χ4v) is 3.69. The van der Waals surface area contributed by atoms with Gasteiger partial charge in [0.15, 0.2) is 11.0 Å². The van der Waals surface area contributed by atoms with E-state index in [0.717, 1.165) is 16.9 Å². The smallest absolute Gasteiger partial charge is 0.339 e. The zero-order valence-corrected chi connectivity index (χ0v) is 18.7. The number of methoxy groups -OCH3 is 1. The highest BCUT2D eigenvalue weighted by atomic mass is 32.2. The normalized spacial score (nSPS) is 10.6. The summed E-state index contributed by atoms with van der Waals surface area (Å²) >= 11 is 1.25. The second-order valence-electron chi connectivity index (χ2n) is 6.84. The topological polar surface area (TPSA) is 95.3 Å². The van der Waals surface area contributed by atoms with E-state index < -0.39 is 5.97 Å². The van der Waals surface area contributed by atoms with E-state index in [1.54, 1.807) is 28.8 Å². The molecule has 0 fully saturated rings. The standard InChI is InChI=1S/C22H24N4O4S/c1-14-8-7-9-15(2)20(14)30-12-18-24-25-22(26(18)3)31-13-19(27)23-17-11-6-5-10-16(17)21(28)29-4/h5-11H,12-13H2,1-4H3,(H,23,27). The molecule has 8 nitrogen and oxygen atoms in total. The summed E-state index contributed by atoms with van der Waals surface area (Å²) in [5, 5.41) is 11.7. The summed E-state index contributed by atoms with van der Waals surface area (Å²) in [5.74, 6) is 0.826. The van der Waals surface area contributed by atoms with Gasteiger partial charge in [-0.15, -0.1) is 10.2 Å². The molecule has 0 saturated heterocycles. The first kappa shape index (κ1) is 22.4. The molecule has 1 aromatic heterocycles. The van der Waals surface area contributed by atoms with E-state index in [-0.39, 0.29) is 18.3 Å². The van der Waals surface area contributed by atoms with E-state index in [1.165, 1.54) is 18.9 Å². The monoisotopic (exact) mass is 440 g/mol. The zero-order valence-electron chi connectivity index (χ0n) is 17.8. The third-order valence-electron chi connectivity index (χ3n) is 4.62. The molecule has 3 aromatic rings. The molecular formula is C22H24N4O4S. The van der Waals surface area contributed by atoms with Crippen LogP contribution in [0.2, 0.25) is 0 Å². The largest absolute Gasteiger partial charge is 0.485 e. The van der Waals surface area contributed by atoms with Crippen LogP contribution in [0.4, 0.5) is 5.69 Å². The summed E-state index contributed by atoms with van der Waals surface area (Å²) in [7, 11) is 3.13. The van der Waals surface area contributed by atoms with Crippen LogP contribution in [0, 0.1) is 13.8 Å². The van der Waals surface area contributed by atoms with Crippen LogP contribution in [0.15, 0.2) is 47.6 Å². The Morgan fingerprint density at radius 1 is 1.06 bits per heavy atom. The van der Waals surface area contributed by atoms with E-state index >= 15 is 0 Å². The van der Waals surface area contributed by atoms with E-state index in [2.05, 4.69) is 15.5 Å². The average Bonchev–Trinajstić information content (AvgIpc) is 3.11. The van der Waals surface area contributed by atoms with Gasteiger partial charge in [-0.25, -0.2) is 4.79 Å². The van der Waals surface area contributed by atoms with Crippen LogP contribution in [-0.2, 0) is 23.2 Å². The van der Waals surface area contributed by atoms with Crippen molar-refractivity contribution in [3.63, 3.8) is 0 Å². The molecule has 0 saturated carbocycles. The number of amides is 1. The minimum atomic E-state index is -0.509. The molecular weight excluding hydrogens is 416 g/mol. The molecule has 0 spiro atoms. The summed E-state index contributed by atoms with van der Waals surface area (Å²) in [5.41, 5.74) is 2.81. The van der Waals surface area contributed by atoms with Crippen molar-refractivity contribution in [3.05, 3.63) is 65.0 Å². The molecule has 0 radical (unpaired) electrons. The summed E-state index contributed by atoms with van der Waals surface area (Å²) in [6.45, 7) is 4.27. The number of benzene rings is 2. The van der Waals surface area contributed by atoms with Crippen molar-refractivity contribution in [3.8, 4) is 5.75 Å². The third kappa shape index (κ3) is 5.43. The number of rotatable bonds is 8. The van der Waals surface area contributed by atoms with E-state index in [1.807, 2.05) is 39.1 Å². The molecule has 162 valence electrons. The number of hydrogen-bond acceptors (Lipinski definition) is 7. The van der Waals surface area contributed by atoms with Gasteiger partial charge in [-0.2, -0.15) is 0 Å². The zero-order chi connectivity index (χ0) is 22.4. The van der Waals surface area contributed by atoms with E-state index in [0.29, 0.717) is 22.2 Å². The minimum Gasteiger partial charge on any atom is -0.485 e. The number of para-hydroxylation sites is 2. The number of carbonyl (C=O) groups excluding carboxylic acids is 2. The van der Waals surface area contributed by atoms with Crippen LogP contribution < -0.4 is 10.1 Å². The lowest BCUT2D eigenvalue weighted by Gasteiger charge is -2.11. The number of anilines is 1. The van der Waals surface area contributed by atoms with Crippen LogP contribution in [-0.4, -0.2) is 39.5 Å². The van der Waals surface area contributed by atoms with Crippen LogP contribution in [0.3, 0.4) is 0 Å². The van der Waals surface area contributed by atoms with Crippen molar-refractivity contribution in [1.82, 2.24) is 14.8 Å². The van der Waals surface area contributed by atoms with Gasteiger partial charge in [-0.1, -0.05) is 42.1 Å². The van der Waals surface area contributed by atoms with Crippen molar-refractivity contribution in [1.29, 1.82) is 0 Å². The van der Waals surface area contributed by atoms with Gasteiger partial charge in [0.05, 0.1) is 24.1 Å². The van der Waals surface area contributed by atoms with Gasteiger partial charge in [0.2, 0.25) is 5.91 Å². The summed E-state index contributed by atoms with van der Waals surface area (Å²) in [6, 6.07) is 12.7. The van der Waals surface area contributed by atoms with Crippen LogP contribution in [0.1, 0.15) is 27.3 Å². The fourth-order valence-electron chi connectivity index (χ4n) is 2.96. The van der Waals surface area contributed by atoms with E-state index in [9.17, 15) is 9.59 Å². The molecule has 0 bridgehead atoms. The maximum atomic E-state index is 12.4. The molecule has 0 aliphatic rings. The van der Waals surface area contributed by atoms with Crippen molar-refractivity contribution in [2.24, 2.45) is 7.05 Å². The number of nitrogens with one attached hydrogen (secondary N) is 1. The number of thioether (sulfide) groups is 1. The van der Waals surface area contributed by atoms with Crippen LogP contribution in [0.5, 0.6) is 5.75 Å². The Kier molecular flexibility index (Phi) is 7.30. The second kappa shape index (κ2) is 10.1. The lowest BCUT2D eigenvalue weighted by molar-refractivity contribution is -0.113. The summed E-state index contributed by atoms with van der Waals surface area (Å²) < 4.78 is 12.5. The third-order valence-corrected chi connectivity index (χ3v) is 5.64. The number of nitrogens with zero attached hydrogens (tertiary/aromatic N) is 3. The molecule has 0 atom stereocenters. The molecule has 31 heavy (non-hydrogen) atoms. The second-order valence-corrected chi connectivity index (χ2v) is 7.78. The maximum Gasteiger partial charge on any atom is 0.339 e. The summed E-state index contributed by atoms with van der Waals surface area (Å²) in [6.07, 6.45) is 0. The highest BCUT2D eigenvalue weighted by Gasteiger charge is 2.16. The average molecular weight is 441 g/mol. The number of ether oxygens (including phenoxy) is 2. The first-order valence-electron chi connectivity index (χ1n) is 9.58. The van der Waals surface area contributed by atoms with E-state index in [4.69, 9.17) is 9.47 Å². The predicted molar refractivity (Wildman–Crippen MR) is 118 cm³/mol. The van der Waals surface area contributed by atoms with Gasteiger partial charge in [0.25, 0.3) is 0 Å². The number of hydrogen-bond donors (Lipinski definition) is 1. The maximum absolute atomic E-state index is 12.4. The Morgan fingerprint density at radius 3 is 2.48 bits per heavy atom. The Bertz CT molecular complexity index is 1080. The highest BCUT2D eigenvalue weighted by Crippen LogP contribution is 2.24. The minimum absolute atomic E-state index is 0.110. The molecule has 1 N–H and O–H groups in total. The molecule has 1 amide bonds. The first-order chi connectivity index (χ1) is 14.9. The van der Waals surface area contributed by atoms with Gasteiger partial charge in [-0.3, -0.25) is 4.79 Å². The van der Waals surface area contributed by atoms with Gasteiger partial charge in [-0.05, 0) is 37.1 Å². The number of carbonyl (C=O) groups is 2. The Hall–Kier alpha value is -3.33. The Morgan fingerprint density at radius 2 is 1.77 bits per heavy atom. The molecule has 3 rings (SSSR count). The van der Waals surface area contributed by atoms with Gasteiger partial charge in [0, 0.05) is 7.05 Å². The van der Waals surface area contributed by atoms with Crippen molar-refractivity contribution >= 4 is 29.3 Å². The predicted octanol–water partition coefficient (Wildman–Crippen LogP) is 3.53. The molecule has 1 heterocycles. The number of aryl methyl sites for hydroxylation is 2. The van der Waals surface area contributed by atoms with Crippen molar-refractivity contribution < 1.29 is 19.1 Å². The SMILES string of the molecule is COC(=O)c1ccccc1NC(=O)CSc1nnc(COc2c(C)cccc2C)n1C. The lowest BCUT2D eigenvalue weighted by atomic mass is 10.1. The number of aromatic nitrogens is 3. The molecule has 0 aliphatic carbocycles. The van der Waals surface area contributed by atoms with Crippen molar-refractivity contribution in [2.45, 2.75) is 25.6 Å².